The van der Waals surface area contributed by atoms with Gasteiger partial charge in [0.1, 0.15) is 0 Å². The van der Waals surface area contributed by atoms with E-state index in [1.807, 2.05) is 24.3 Å². The number of benzene rings is 1. The van der Waals surface area contributed by atoms with Gasteiger partial charge in [-0.05, 0) is 58.1 Å². The summed E-state index contributed by atoms with van der Waals surface area (Å²) in [6.07, 6.45) is 2.47. The van der Waals surface area contributed by atoms with Gasteiger partial charge in [0.05, 0.1) is 11.2 Å². The van der Waals surface area contributed by atoms with Crippen LogP contribution in [0.1, 0.15) is 46.1 Å². The van der Waals surface area contributed by atoms with Gasteiger partial charge in [-0.25, -0.2) is 0 Å². The molecular formula is C17H23BN2O3. The molecule has 1 N–H and O–H groups in total. The van der Waals surface area contributed by atoms with Gasteiger partial charge >= 0.3 is 7.12 Å². The van der Waals surface area contributed by atoms with Gasteiger partial charge in [-0.2, -0.15) is 0 Å². The van der Waals surface area contributed by atoms with Gasteiger partial charge in [0.25, 0.3) is 0 Å². The number of nitrogens with zero attached hydrogens (tertiary/aromatic N) is 1. The topological polar surface area (TPSA) is 52.1 Å². The van der Waals surface area contributed by atoms with Gasteiger partial charge < -0.3 is 14.0 Å². The second kappa shape index (κ2) is 4.98. The molecule has 1 aromatic carbocycles. The molecule has 0 aromatic heterocycles. The van der Waals surface area contributed by atoms with Gasteiger partial charge in [-0.3, -0.25) is 5.43 Å². The predicted molar refractivity (Wildman–Crippen MR) is 89.4 cm³/mol. The lowest BCUT2D eigenvalue weighted by molar-refractivity contribution is 0.00578. The van der Waals surface area contributed by atoms with E-state index < -0.39 is 0 Å². The molecule has 2 heterocycles. The Hall–Kier alpha value is -1.53. The van der Waals surface area contributed by atoms with Gasteiger partial charge in [0.15, 0.2) is 6.23 Å². The van der Waals surface area contributed by atoms with Crippen LogP contribution < -0.4 is 10.9 Å². The van der Waals surface area contributed by atoms with E-state index in [9.17, 15) is 0 Å². The quantitative estimate of drug-likeness (QED) is 0.867. The lowest BCUT2D eigenvalue weighted by Crippen LogP contribution is -2.41. The highest BCUT2D eigenvalue weighted by atomic mass is 16.7. The fraction of sp³-hybridized carbons (Fsp3) is 0.588. The number of hydrazone groups is 1. The summed E-state index contributed by atoms with van der Waals surface area (Å²) < 4.78 is 18.2. The Kier molecular flexibility index (Phi) is 3.26. The smallest absolute Gasteiger partial charge is 0.451 e. The average Bonchev–Trinajstić information content (AvgIpc) is 3.18. The fourth-order valence-electron chi connectivity index (χ4n) is 2.83. The monoisotopic (exact) mass is 314 g/mol. The zero-order valence-corrected chi connectivity index (χ0v) is 14.1. The third-order valence-corrected chi connectivity index (χ3v) is 5.24. The van der Waals surface area contributed by atoms with Crippen molar-refractivity contribution in [2.24, 2.45) is 11.0 Å². The summed E-state index contributed by atoms with van der Waals surface area (Å²) >= 11 is 0. The van der Waals surface area contributed by atoms with Gasteiger partial charge in [-0.1, -0.05) is 12.1 Å². The molecule has 1 aromatic rings. The van der Waals surface area contributed by atoms with E-state index >= 15 is 0 Å². The Balaban J connectivity index is 1.53. The van der Waals surface area contributed by atoms with Crippen molar-refractivity contribution in [1.29, 1.82) is 0 Å². The maximum absolute atomic E-state index is 6.12. The van der Waals surface area contributed by atoms with Gasteiger partial charge in [0, 0.05) is 11.5 Å². The molecule has 1 saturated carbocycles. The summed E-state index contributed by atoms with van der Waals surface area (Å²) in [5.74, 6) is 1.25. The fourth-order valence-corrected chi connectivity index (χ4v) is 2.83. The van der Waals surface area contributed by atoms with Crippen LogP contribution in [0.2, 0.25) is 0 Å². The Labute approximate surface area is 137 Å². The van der Waals surface area contributed by atoms with Crippen molar-refractivity contribution in [3.63, 3.8) is 0 Å². The van der Waals surface area contributed by atoms with Crippen LogP contribution in [0.5, 0.6) is 0 Å². The molecule has 0 spiro atoms. The predicted octanol–water partition coefficient (Wildman–Crippen LogP) is 2.00. The van der Waals surface area contributed by atoms with Crippen molar-refractivity contribution < 1.29 is 14.0 Å². The molecule has 122 valence electrons. The largest absolute Gasteiger partial charge is 0.494 e. The first kappa shape index (κ1) is 15.0. The lowest BCUT2D eigenvalue weighted by atomic mass is 9.78. The lowest BCUT2D eigenvalue weighted by Gasteiger charge is -2.32. The highest BCUT2D eigenvalue weighted by Crippen LogP contribution is 2.37. The van der Waals surface area contributed by atoms with E-state index in [2.05, 4.69) is 38.2 Å². The Bertz CT molecular complexity index is 639. The number of hydrogen-bond acceptors (Lipinski definition) is 5. The standard InChI is InChI=1S/C17H23BN2O3/c1-16(2)17(3,4)23-18(22-16)13-7-5-6-12(10-13)15-20-19-14(21-15)11-8-9-11/h5-7,10-11,14,19H,8-9H2,1-4H3. The molecule has 0 bridgehead atoms. The van der Waals surface area contributed by atoms with E-state index in [1.54, 1.807) is 0 Å². The highest BCUT2D eigenvalue weighted by molar-refractivity contribution is 6.62. The third kappa shape index (κ3) is 2.64. The van der Waals surface area contributed by atoms with Crippen LogP contribution in [-0.4, -0.2) is 30.4 Å². The minimum Gasteiger partial charge on any atom is -0.451 e. The maximum atomic E-state index is 6.12. The zero-order chi connectivity index (χ0) is 16.2. The second-order valence-electron chi connectivity index (χ2n) is 7.64. The summed E-state index contributed by atoms with van der Waals surface area (Å²) in [6, 6.07) is 8.06. The van der Waals surface area contributed by atoms with Crippen LogP contribution in [-0.2, 0) is 14.0 Å². The van der Waals surface area contributed by atoms with E-state index in [-0.39, 0.29) is 24.5 Å². The molecule has 2 aliphatic heterocycles. The van der Waals surface area contributed by atoms with Crippen molar-refractivity contribution in [3.05, 3.63) is 29.8 Å². The molecule has 23 heavy (non-hydrogen) atoms. The highest BCUT2D eigenvalue weighted by Gasteiger charge is 2.51. The molecular weight excluding hydrogens is 291 g/mol. The first-order valence-corrected chi connectivity index (χ1v) is 8.32. The Morgan fingerprint density at radius 1 is 1.13 bits per heavy atom. The first-order chi connectivity index (χ1) is 10.9. The number of nitrogens with one attached hydrogen (secondary N) is 1. The molecule has 0 amide bonds. The van der Waals surface area contributed by atoms with Crippen molar-refractivity contribution in [1.82, 2.24) is 5.43 Å². The normalized spacial score (nSPS) is 28.3. The van der Waals surface area contributed by atoms with Crippen molar-refractivity contribution in [2.75, 3.05) is 0 Å². The molecule has 4 rings (SSSR count). The molecule has 5 nitrogen and oxygen atoms in total. The van der Waals surface area contributed by atoms with Crippen LogP contribution in [0, 0.1) is 5.92 Å². The van der Waals surface area contributed by atoms with Crippen LogP contribution in [0.3, 0.4) is 0 Å². The van der Waals surface area contributed by atoms with Crippen LogP contribution in [0.25, 0.3) is 0 Å². The molecule has 2 fully saturated rings. The Morgan fingerprint density at radius 2 is 1.83 bits per heavy atom. The van der Waals surface area contributed by atoms with Crippen molar-refractivity contribution >= 4 is 18.5 Å². The molecule has 3 aliphatic rings. The minimum absolute atomic E-state index is 0.0329. The minimum atomic E-state index is -0.367. The summed E-state index contributed by atoms with van der Waals surface area (Å²) in [5, 5.41) is 4.34. The SMILES string of the molecule is CC1(C)OB(c2cccc(C3=NNC(C4CC4)O3)c2)OC1(C)C. The van der Waals surface area contributed by atoms with E-state index in [1.165, 1.54) is 12.8 Å². The van der Waals surface area contributed by atoms with Crippen LogP contribution in [0.15, 0.2) is 29.4 Å². The van der Waals surface area contributed by atoms with Crippen molar-refractivity contribution in [2.45, 2.75) is 58.0 Å². The summed E-state index contributed by atoms with van der Waals surface area (Å²) in [5.41, 5.74) is 4.35. The molecule has 1 atom stereocenters. The zero-order valence-electron chi connectivity index (χ0n) is 14.1. The Morgan fingerprint density at radius 3 is 2.48 bits per heavy atom. The first-order valence-electron chi connectivity index (χ1n) is 8.32. The number of rotatable bonds is 3. The second-order valence-corrected chi connectivity index (χ2v) is 7.64. The molecule has 1 saturated heterocycles. The summed E-state index contributed by atoms with van der Waals surface area (Å²) in [4.78, 5) is 0. The van der Waals surface area contributed by atoms with E-state index in [0.717, 1.165) is 11.0 Å². The molecule has 1 aliphatic carbocycles. The third-order valence-electron chi connectivity index (χ3n) is 5.24. The van der Waals surface area contributed by atoms with E-state index in [4.69, 9.17) is 14.0 Å². The van der Waals surface area contributed by atoms with Crippen molar-refractivity contribution in [3.8, 4) is 0 Å². The molecule has 6 heteroatoms. The molecule has 0 radical (unpaired) electrons. The maximum Gasteiger partial charge on any atom is 0.494 e. The summed E-state index contributed by atoms with van der Waals surface area (Å²) in [6.45, 7) is 8.24. The number of ether oxygens (including phenoxy) is 1. The van der Waals surface area contributed by atoms with Crippen LogP contribution in [0.4, 0.5) is 0 Å². The number of hydrogen-bond donors (Lipinski definition) is 1. The van der Waals surface area contributed by atoms with Crippen LogP contribution >= 0.6 is 0 Å². The van der Waals surface area contributed by atoms with E-state index in [0.29, 0.717) is 11.8 Å². The van der Waals surface area contributed by atoms with Gasteiger partial charge in [0.2, 0.25) is 5.90 Å². The van der Waals surface area contributed by atoms with Gasteiger partial charge in [-0.15, -0.1) is 5.10 Å². The molecule has 1 unspecified atom stereocenters. The summed E-state index contributed by atoms with van der Waals surface area (Å²) in [7, 11) is -0.367. The average molecular weight is 314 g/mol.